The highest BCUT2D eigenvalue weighted by molar-refractivity contribution is 6.03. The molecule has 0 fully saturated rings. The van der Waals surface area contributed by atoms with Crippen LogP contribution in [-0.2, 0) is 12.7 Å². The highest BCUT2D eigenvalue weighted by Gasteiger charge is 2.30. The molecular weight excluding hydrogens is 375 g/mol. The molecule has 0 spiro atoms. The SMILES string of the molecule is O=C(NCc1ccco1)c1cccc(C(=O)Nc2ccc(C(F)(F)F)cc2)n1. The third-order valence-corrected chi connectivity index (χ3v) is 3.69. The molecule has 0 aliphatic heterocycles. The van der Waals surface area contributed by atoms with Gasteiger partial charge in [0, 0.05) is 5.69 Å². The Morgan fingerprint density at radius 1 is 0.929 bits per heavy atom. The fraction of sp³-hybridized carbons (Fsp3) is 0.105. The van der Waals surface area contributed by atoms with Crippen LogP contribution in [0.4, 0.5) is 18.9 Å². The first-order chi connectivity index (χ1) is 13.3. The molecule has 2 amide bonds. The Bertz CT molecular complexity index is 968. The topological polar surface area (TPSA) is 84.2 Å². The molecule has 2 N–H and O–H groups in total. The Morgan fingerprint density at radius 3 is 2.21 bits per heavy atom. The second kappa shape index (κ2) is 7.95. The average molecular weight is 389 g/mol. The molecule has 0 aliphatic carbocycles. The lowest BCUT2D eigenvalue weighted by atomic mass is 10.2. The van der Waals surface area contributed by atoms with E-state index in [0.29, 0.717) is 5.76 Å². The van der Waals surface area contributed by atoms with E-state index in [9.17, 15) is 22.8 Å². The summed E-state index contributed by atoms with van der Waals surface area (Å²) in [6.07, 6.45) is -2.98. The van der Waals surface area contributed by atoms with Crippen LogP contribution in [0.15, 0.2) is 65.3 Å². The average Bonchev–Trinajstić information content (AvgIpc) is 3.19. The zero-order valence-corrected chi connectivity index (χ0v) is 14.3. The summed E-state index contributed by atoms with van der Waals surface area (Å²) in [5.41, 5.74) is -0.677. The van der Waals surface area contributed by atoms with Gasteiger partial charge in [-0.3, -0.25) is 9.59 Å². The molecule has 0 atom stereocenters. The molecule has 3 aromatic rings. The standard InChI is InChI=1S/C19H14F3N3O3/c20-19(21,22)12-6-8-13(9-7-12)24-18(27)16-5-1-4-15(25-16)17(26)23-11-14-3-2-10-28-14/h1-10H,11H2,(H,23,26)(H,24,27). The van der Waals surface area contributed by atoms with E-state index in [2.05, 4.69) is 15.6 Å². The summed E-state index contributed by atoms with van der Waals surface area (Å²) in [6, 6.07) is 11.7. The van der Waals surface area contributed by atoms with E-state index in [-0.39, 0.29) is 23.6 Å². The third kappa shape index (κ3) is 4.76. The van der Waals surface area contributed by atoms with Crippen LogP contribution in [0.25, 0.3) is 0 Å². The van der Waals surface area contributed by atoms with Gasteiger partial charge in [0.05, 0.1) is 18.4 Å². The van der Waals surface area contributed by atoms with E-state index >= 15 is 0 Å². The van der Waals surface area contributed by atoms with Gasteiger partial charge in [-0.15, -0.1) is 0 Å². The van der Waals surface area contributed by atoms with Crippen molar-refractivity contribution in [2.75, 3.05) is 5.32 Å². The molecule has 0 saturated carbocycles. The molecule has 0 radical (unpaired) electrons. The number of carbonyl (C=O) groups excluding carboxylic acids is 2. The molecule has 3 rings (SSSR count). The number of amides is 2. The van der Waals surface area contributed by atoms with E-state index in [1.54, 1.807) is 12.1 Å². The minimum absolute atomic E-state index is 0.0200. The van der Waals surface area contributed by atoms with Gasteiger partial charge in [0.1, 0.15) is 17.1 Å². The largest absolute Gasteiger partial charge is 0.467 e. The molecular formula is C19H14F3N3O3. The van der Waals surface area contributed by atoms with Crippen molar-refractivity contribution < 1.29 is 27.2 Å². The number of alkyl halides is 3. The molecule has 0 bridgehead atoms. The molecule has 28 heavy (non-hydrogen) atoms. The second-order valence-electron chi connectivity index (χ2n) is 5.70. The molecule has 9 heteroatoms. The van der Waals surface area contributed by atoms with E-state index in [0.717, 1.165) is 24.3 Å². The van der Waals surface area contributed by atoms with Crippen molar-refractivity contribution in [3.63, 3.8) is 0 Å². The Labute approximate surface area is 157 Å². The Hall–Kier alpha value is -3.62. The van der Waals surface area contributed by atoms with E-state index in [1.165, 1.54) is 24.5 Å². The normalized spacial score (nSPS) is 11.1. The minimum atomic E-state index is -4.46. The van der Waals surface area contributed by atoms with Crippen molar-refractivity contribution in [3.05, 3.63) is 83.6 Å². The number of furan rings is 1. The number of hydrogen-bond donors (Lipinski definition) is 2. The van der Waals surface area contributed by atoms with Crippen LogP contribution < -0.4 is 10.6 Å². The van der Waals surface area contributed by atoms with Crippen molar-refractivity contribution in [1.82, 2.24) is 10.3 Å². The van der Waals surface area contributed by atoms with Crippen LogP contribution in [0, 0.1) is 0 Å². The summed E-state index contributed by atoms with van der Waals surface area (Å²) in [6.45, 7) is 0.162. The maximum absolute atomic E-state index is 12.6. The molecule has 0 unspecified atom stereocenters. The fourth-order valence-electron chi connectivity index (χ4n) is 2.30. The molecule has 2 aromatic heterocycles. The van der Waals surface area contributed by atoms with Crippen LogP contribution in [0.1, 0.15) is 32.3 Å². The van der Waals surface area contributed by atoms with Crippen molar-refractivity contribution in [2.45, 2.75) is 12.7 Å². The fourth-order valence-corrected chi connectivity index (χ4v) is 2.30. The van der Waals surface area contributed by atoms with Gasteiger partial charge in [0.2, 0.25) is 0 Å². The van der Waals surface area contributed by atoms with Crippen molar-refractivity contribution in [3.8, 4) is 0 Å². The number of halogens is 3. The Morgan fingerprint density at radius 2 is 1.61 bits per heavy atom. The van der Waals surface area contributed by atoms with Gasteiger partial charge in [0.15, 0.2) is 0 Å². The predicted octanol–water partition coefficient (Wildman–Crippen LogP) is 3.88. The molecule has 0 saturated heterocycles. The lowest BCUT2D eigenvalue weighted by molar-refractivity contribution is -0.137. The van der Waals surface area contributed by atoms with Gasteiger partial charge >= 0.3 is 6.18 Å². The number of nitrogens with one attached hydrogen (secondary N) is 2. The number of anilines is 1. The summed E-state index contributed by atoms with van der Waals surface area (Å²) >= 11 is 0. The van der Waals surface area contributed by atoms with Gasteiger partial charge in [-0.05, 0) is 48.5 Å². The summed E-state index contributed by atoms with van der Waals surface area (Å²) < 4.78 is 42.8. The number of nitrogens with zero attached hydrogens (tertiary/aromatic N) is 1. The highest BCUT2D eigenvalue weighted by Crippen LogP contribution is 2.29. The number of carbonyl (C=O) groups is 2. The van der Waals surface area contributed by atoms with E-state index in [1.807, 2.05) is 0 Å². The van der Waals surface area contributed by atoms with Gasteiger partial charge in [-0.25, -0.2) is 4.98 Å². The zero-order valence-electron chi connectivity index (χ0n) is 14.3. The number of benzene rings is 1. The second-order valence-corrected chi connectivity index (χ2v) is 5.70. The lowest BCUT2D eigenvalue weighted by Gasteiger charge is -2.09. The maximum Gasteiger partial charge on any atom is 0.416 e. The third-order valence-electron chi connectivity index (χ3n) is 3.69. The van der Waals surface area contributed by atoms with Crippen molar-refractivity contribution in [1.29, 1.82) is 0 Å². The highest BCUT2D eigenvalue weighted by atomic mass is 19.4. The van der Waals surface area contributed by atoms with Crippen LogP contribution in [-0.4, -0.2) is 16.8 Å². The van der Waals surface area contributed by atoms with Gasteiger partial charge in [-0.1, -0.05) is 6.07 Å². The monoisotopic (exact) mass is 389 g/mol. The quantitative estimate of drug-likeness (QED) is 0.694. The molecule has 2 heterocycles. The molecule has 0 aliphatic rings. The minimum Gasteiger partial charge on any atom is -0.467 e. The van der Waals surface area contributed by atoms with E-state index in [4.69, 9.17) is 4.42 Å². The summed E-state index contributed by atoms with van der Waals surface area (Å²) in [4.78, 5) is 28.4. The van der Waals surface area contributed by atoms with Gasteiger partial charge < -0.3 is 15.1 Å². The first kappa shape index (κ1) is 19.2. The van der Waals surface area contributed by atoms with Crippen molar-refractivity contribution >= 4 is 17.5 Å². The Kier molecular flexibility index (Phi) is 5.44. The van der Waals surface area contributed by atoms with Gasteiger partial charge in [-0.2, -0.15) is 13.2 Å². The number of aromatic nitrogens is 1. The Balaban J connectivity index is 1.65. The van der Waals surface area contributed by atoms with Crippen LogP contribution in [0.3, 0.4) is 0 Å². The van der Waals surface area contributed by atoms with Crippen LogP contribution >= 0.6 is 0 Å². The maximum atomic E-state index is 12.6. The first-order valence-electron chi connectivity index (χ1n) is 8.09. The molecule has 6 nitrogen and oxygen atoms in total. The summed E-state index contributed by atoms with van der Waals surface area (Å²) in [7, 11) is 0. The van der Waals surface area contributed by atoms with Gasteiger partial charge in [0.25, 0.3) is 11.8 Å². The van der Waals surface area contributed by atoms with Crippen LogP contribution in [0.2, 0.25) is 0 Å². The number of rotatable bonds is 5. The number of pyridine rings is 1. The zero-order chi connectivity index (χ0) is 20.1. The molecule has 144 valence electrons. The van der Waals surface area contributed by atoms with Crippen molar-refractivity contribution in [2.24, 2.45) is 0 Å². The number of hydrogen-bond acceptors (Lipinski definition) is 4. The molecule has 1 aromatic carbocycles. The summed E-state index contributed by atoms with van der Waals surface area (Å²) in [5, 5.41) is 5.05. The summed E-state index contributed by atoms with van der Waals surface area (Å²) in [5.74, 6) is -0.592. The predicted molar refractivity (Wildman–Crippen MR) is 93.5 cm³/mol. The first-order valence-corrected chi connectivity index (χ1v) is 8.09. The lowest BCUT2D eigenvalue weighted by Crippen LogP contribution is -2.24. The smallest absolute Gasteiger partial charge is 0.416 e. The van der Waals surface area contributed by atoms with E-state index < -0.39 is 23.6 Å². The van der Waals surface area contributed by atoms with Crippen LogP contribution in [0.5, 0.6) is 0 Å².